The van der Waals surface area contributed by atoms with Gasteiger partial charge in [-0.2, -0.15) is 0 Å². The van der Waals surface area contributed by atoms with Gasteiger partial charge in [-0.15, -0.1) is 0 Å². The van der Waals surface area contributed by atoms with Crippen molar-refractivity contribution in [2.75, 3.05) is 13.1 Å². The van der Waals surface area contributed by atoms with Crippen LogP contribution in [0.3, 0.4) is 0 Å². The molecule has 5 heteroatoms. The topological polar surface area (TPSA) is 52.6 Å². The maximum atomic E-state index is 11.0. The summed E-state index contributed by atoms with van der Waals surface area (Å²) in [6, 6.07) is 5.90. The first-order valence-electron chi connectivity index (χ1n) is 6.02. The van der Waals surface area contributed by atoms with Crippen molar-refractivity contribution in [1.82, 2.24) is 10.2 Å². The summed E-state index contributed by atoms with van der Waals surface area (Å²) in [6.45, 7) is 4.03. The molecule has 0 aliphatic carbocycles. The van der Waals surface area contributed by atoms with Crippen molar-refractivity contribution in [1.29, 1.82) is 0 Å². The number of likely N-dealkylation sites (tertiary alicyclic amines) is 1. The smallest absolute Gasteiger partial charge is 0.217 e. The Morgan fingerprint density at radius 3 is 3.11 bits per heavy atom. The Bertz CT molecular complexity index is 451. The van der Waals surface area contributed by atoms with Crippen molar-refractivity contribution < 1.29 is 9.90 Å². The first-order chi connectivity index (χ1) is 8.56. The average molecular weight is 313 g/mol. The predicted octanol–water partition coefficient (Wildman–Crippen LogP) is 1.87. The zero-order chi connectivity index (χ0) is 13.1. The lowest BCUT2D eigenvalue weighted by molar-refractivity contribution is -0.119. The number of carbonyl (C=O) groups excluding carboxylic acids is 1. The number of hydrogen-bond acceptors (Lipinski definition) is 3. The van der Waals surface area contributed by atoms with Gasteiger partial charge < -0.3 is 10.4 Å². The molecule has 0 radical (unpaired) electrons. The molecule has 1 aromatic carbocycles. The van der Waals surface area contributed by atoms with Crippen molar-refractivity contribution >= 4 is 21.8 Å². The van der Waals surface area contributed by atoms with E-state index < -0.39 is 0 Å². The van der Waals surface area contributed by atoms with E-state index in [1.54, 1.807) is 6.92 Å². The minimum Gasteiger partial charge on any atom is -0.506 e. The Balaban J connectivity index is 1.95. The van der Waals surface area contributed by atoms with Crippen molar-refractivity contribution in [2.45, 2.75) is 25.9 Å². The molecule has 1 aliphatic rings. The molecular weight excluding hydrogens is 296 g/mol. The number of halogens is 1. The van der Waals surface area contributed by atoms with Crippen LogP contribution in [0.15, 0.2) is 22.7 Å². The fourth-order valence-electron chi connectivity index (χ4n) is 2.31. The van der Waals surface area contributed by atoms with Crippen LogP contribution in [0.1, 0.15) is 18.9 Å². The lowest BCUT2D eigenvalue weighted by Gasteiger charge is -2.17. The summed E-state index contributed by atoms with van der Waals surface area (Å²) < 4.78 is 0.720. The second-order valence-corrected chi connectivity index (χ2v) is 5.52. The molecule has 0 spiro atoms. The number of rotatable bonds is 3. The number of para-hydroxylation sites is 1. The fraction of sp³-hybridized carbons (Fsp3) is 0.462. The van der Waals surface area contributed by atoms with Crippen molar-refractivity contribution in [3.8, 4) is 5.75 Å². The molecular formula is C13H17BrN2O2. The first-order valence-corrected chi connectivity index (χ1v) is 6.81. The van der Waals surface area contributed by atoms with E-state index >= 15 is 0 Å². The summed E-state index contributed by atoms with van der Waals surface area (Å²) in [5, 5.41) is 12.9. The SMILES string of the molecule is CC(=O)NC1CCN(Cc2cccc(Br)c2O)C1. The zero-order valence-corrected chi connectivity index (χ0v) is 11.9. The van der Waals surface area contributed by atoms with Gasteiger partial charge in [0.05, 0.1) is 4.47 Å². The number of phenolic OH excluding ortho intramolecular Hbond substituents is 1. The summed E-state index contributed by atoms with van der Waals surface area (Å²) in [5.41, 5.74) is 0.910. The Kier molecular flexibility index (Phi) is 4.24. The normalized spacial score (nSPS) is 20.0. The molecule has 4 nitrogen and oxygen atoms in total. The van der Waals surface area contributed by atoms with Crippen LogP contribution in [-0.4, -0.2) is 35.0 Å². The van der Waals surface area contributed by atoms with Crippen LogP contribution in [0, 0.1) is 0 Å². The highest BCUT2D eigenvalue weighted by atomic mass is 79.9. The van der Waals surface area contributed by atoms with E-state index in [1.807, 2.05) is 18.2 Å². The summed E-state index contributed by atoms with van der Waals surface area (Å²) in [6.07, 6.45) is 0.967. The van der Waals surface area contributed by atoms with Crippen LogP contribution in [-0.2, 0) is 11.3 Å². The third kappa shape index (κ3) is 3.23. The van der Waals surface area contributed by atoms with Gasteiger partial charge in [0, 0.05) is 38.2 Å². The lowest BCUT2D eigenvalue weighted by Crippen LogP contribution is -2.35. The maximum absolute atomic E-state index is 11.0. The van der Waals surface area contributed by atoms with Crippen LogP contribution in [0.25, 0.3) is 0 Å². The Morgan fingerprint density at radius 2 is 2.39 bits per heavy atom. The quantitative estimate of drug-likeness (QED) is 0.896. The molecule has 2 N–H and O–H groups in total. The van der Waals surface area contributed by atoms with Gasteiger partial charge in [-0.05, 0) is 28.4 Å². The molecule has 18 heavy (non-hydrogen) atoms. The third-order valence-corrected chi connectivity index (χ3v) is 3.78. The Morgan fingerprint density at radius 1 is 1.61 bits per heavy atom. The number of amides is 1. The molecule has 98 valence electrons. The highest BCUT2D eigenvalue weighted by molar-refractivity contribution is 9.10. The average Bonchev–Trinajstić information content (AvgIpc) is 2.71. The highest BCUT2D eigenvalue weighted by Gasteiger charge is 2.23. The van der Waals surface area contributed by atoms with Gasteiger partial charge >= 0.3 is 0 Å². The minimum atomic E-state index is 0.0205. The Hall–Kier alpha value is -1.07. The van der Waals surface area contributed by atoms with Crippen molar-refractivity contribution in [3.05, 3.63) is 28.2 Å². The van der Waals surface area contributed by atoms with Crippen molar-refractivity contribution in [3.63, 3.8) is 0 Å². The van der Waals surface area contributed by atoms with E-state index in [2.05, 4.69) is 26.1 Å². The molecule has 1 aromatic rings. The lowest BCUT2D eigenvalue weighted by atomic mass is 10.2. The summed E-state index contributed by atoms with van der Waals surface area (Å²) in [7, 11) is 0. The number of benzene rings is 1. The number of nitrogens with one attached hydrogen (secondary N) is 1. The number of aromatic hydroxyl groups is 1. The number of phenols is 1. The maximum Gasteiger partial charge on any atom is 0.217 e. The van der Waals surface area contributed by atoms with E-state index in [9.17, 15) is 9.90 Å². The van der Waals surface area contributed by atoms with Gasteiger partial charge in [0.2, 0.25) is 5.91 Å². The highest BCUT2D eigenvalue weighted by Crippen LogP contribution is 2.29. The summed E-state index contributed by atoms with van der Waals surface area (Å²) in [5.74, 6) is 0.327. The zero-order valence-electron chi connectivity index (χ0n) is 10.3. The van der Waals surface area contributed by atoms with E-state index in [4.69, 9.17) is 0 Å². The molecule has 0 bridgehead atoms. The van der Waals surface area contributed by atoms with Crippen molar-refractivity contribution in [2.24, 2.45) is 0 Å². The molecule has 0 aromatic heterocycles. The number of carbonyl (C=O) groups is 1. The number of nitrogens with zero attached hydrogens (tertiary/aromatic N) is 1. The van der Waals surface area contributed by atoms with Crippen LogP contribution < -0.4 is 5.32 Å². The second kappa shape index (κ2) is 5.71. The molecule has 1 saturated heterocycles. The van der Waals surface area contributed by atoms with Gasteiger partial charge in [-0.25, -0.2) is 0 Å². The largest absolute Gasteiger partial charge is 0.506 e. The van der Waals surface area contributed by atoms with E-state index in [1.165, 1.54) is 0 Å². The molecule has 1 atom stereocenters. The van der Waals surface area contributed by atoms with E-state index in [-0.39, 0.29) is 11.9 Å². The van der Waals surface area contributed by atoms with Gasteiger partial charge in [0.25, 0.3) is 0 Å². The van der Waals surface area contributed by atoms with Gasteiger partial charge in [0.1, 0.15) is 5.75 Å². The molecule has 1 fully saturated rings. The minimum absolute atomic E-state index is 0.0205. The Labute approximate surface area is 115 Å². The van der Waals surface area contributed by atoms with Gasteiger partial charge in [0.15, 0.2) is 0 Å². The van der Waals surface area contributed by atoms with Crippen LogP contribution in [0.2, 0.25) is 0 Å². The molecule has 1 unspecified atom stereocenters. The number of hydrogen-bond donors (Lipinski definition) is 2. The van der Waals surface area contributed by atoms with Gasteiger partial charge in [-0.3, -0.25) is 9.69 Å². The standard InChI is InChI=1S/C13H17BrN2O2/c1-9(17)15-11-5-6-16(8-11)7-10-3-2-4-12(14)13(10)18/h2-4,11,18H,5-8H2,1H3,(H,15,17). The van der Waals surface area contributed by atoms with Gasteiger partial charge in [-0.1, -0.05) is 12.1 Å². The molecule has 2 rings (SSSR count). The molecule has 0 saturated carbocycles. The molecule has 1 heterocycles. The first kappa shape index (κ1) is 13.4. The van der Waals surface area contributed by atoms with Crippen LogP contribution in [0.4, 0.5) is 0 Å². The molecule has 1 aliphatic heterocycles. The second-order valence-electron chi connectivity index (χ2n) is 4.67. The van der Waals surface area contributed by atoms with E-state index in [0.717, 1.165) is 29.5 Å². The summed E-state index contributed by atoms with van der Waals surface area (Å²) in [4.78, 5) is 13.2. The third-order valence-electron chi connectivity index (χ3n) is 3.14. The fourth-order valence-corrected chi connectivity index (χ4v) is 2.72. The van der Waals surface area contributed by atoms with Crippen LogP contribution in [0.5, 0.6) is 5.75 Å². The predicted molar refractivity (Wildman–Crippen MR) is 73.3 cm³/mol. The summed E-state index contributed by atoms with van der Waals surface area (Å²) >= 11 is 3.31. The van der Waals surface area contributed by atoms with E-state index in [0.29, 0.717) is 12.3 Å². The molecule has 1 amide bonds. The monoisotopic (exact) mass is 312 g/mol. The van der Waals surface area contributed by atoms with Crippen LogP contribution >= 0.6 is 15.9 Å².